The number of thiocarbonyl (C=S) groups is 1. The summed E-state index contributed by atoms with van der Waals surface area (Å²) in [5, 5.41) is 0. The first-order valence-electron chi connectivity index (χ1n) is 5.87. The lowest BCUT2D eigenvalue weighted by atomic mass is 10.2. The van der Waals surface area contributed by atoms with Crippen molar-refractivity contribution < 1.29 is 19.1 Å². The highest BCUT2D eigenvalue weighted by molar-refractivity contribution is 9.10. The van der Waals surface area contributed by atoms with Crippen LogP contribution in [0, 0.1) is 0 Å². The van der Waals surface area contributed by atoms with Gasteiger partial charge in [0.1, 0.15) is 18.1 Å². The molecule has 8 heteroatoms. The fourth-order valence-electron chi connectivity index (χ4n) is 1.58. The highest BCUT2D eigenvalue weighted by atomic mass is 79.9. The number of anilines is 1. The molecule has 1 aromatic carbocycles. The molecule has 0 atom stereocenters. The first-order valence-corrected chi connectivity index (χ1v) is 7.07. The van der Waals surface area contributed by atoms with Crippen LogP contribution in [0.3, 0.4) is 0 Å². The Morgan fingerprint density at radius 1 is 1.24 bits per heavy atom. The molecule has 0 heterocycles. The maximum atomic E-state index is 11.5. The third kappa shape index (κ3) is 4.98. The number of rotatable bonds is 6. The van der Waals surface area contributed by atoms with E-state index >= 15 is 0 Å². The molecule has 0 amide bonds. The second-order valence-electron chi connectivity index (χ2n) is 4.04. The summed E-state index contributed by atoms with van der Waals surface area (Å²) in [6.45, 7) is -0.173. The standard InChI is InChI=1S/C13H15BrN2O4S/c1-19-11(17)6-16(7-12(18)20-2)10-4-3-8(13(15)21)5-9(10)14/h3-5H,6-7H2,1-2H3,(H2,15,21). The summed E-state index contributed by atoms with van der Waals surface area (Å²) in [6, 6.07) is 5.15. The Kier molecular flexibility index (Phi) is 6.57. The van der Waals surface area contributed by atoms with Crippen LogP contribution in [-0.2, 0) is 19.1 Å². The van der Waals surface area contributed by atoms with E-state index in [9.17, 15) is 9.59 Å². The molecule has 0 unspecified atom stereocenters. The Morgan fingerprint density at radius 2 is 1.76 bits per heavy atom. The fraction of sp³-hybridized carbons (Fsp3) is 0.308. The van der Waals surface area contributed by atoms with Gasteiger partial charge in [0, 0.05) is 10.0 Å². The number of carbonyl (C=O) groups excluding carboxylic acids is 2. The molecule has 1 rings (SSSR count). The minimum atomic E-state index is -0.468. The Hall–Kier alpha value is -1.67. The molecular formula is C13H15BrN2O4S. The van der Waals surface area contributed by atoms with Gasteiger partial charge < -0.3 is 20.1 Å². The van der Waals surface area contributed by atoms with Crippen LogP contribution in [0.15, 0.2) is 22.7 Å². The van der Waals surface area contributed by atoms with Gasteiger partial charge in [0.15, 0.2) is 0 Å². The molecule has 0 fully saturated rings. The monoisotopic (exact) mass is 374 g/mol. The van der Waals surface area contributed by atoms with Crippen LogP contribution in [0.4, 0.5) is 5.69 Å². The van der Waals surface area contributed by atoms with Gasteiger partial charge in [-0.15, -0.1) is 0 Å². The number of nitrogens with two attached hydrogens (primary N) is 1. The van der Waals surface area contributed by atoms with Crippen molar-refractivity contribution in [3.8, 4) is 0 Å². The number of carbonyl (C=O) groups is 2. The van der Waals surface area contributed by atoms with E-state index in [2.05, 4.69) is 25.4 Å². The third-order valence-electron chi connectivity index (χ3n) is 2.67. The molecule has 6 nitrogen and oxygen atoms in total. The molecule has 0 aliphatic carbocycles. The summed E-state index contributed by atoms with van der Waals surface area (Å²) < 4.78 is 9.91. The van der Waals surface area contributed by atoms with Crippen molar-refractivity contribution in [3.05, 3.63) is 28.2 Å². The topological polar surface area (TPSA) is 81.9 Å². The van der Waals surface area contributed by atoms with Crippen molar-refractivity contribution in [2.45, 2.75) is 0 Å². The smallest absolute Gasteiger partial charge is 0.325 e. The highest BCUT2D eigenvalue weighted by Crippen LogP contribution is 2.27. The number of ether oxygens (including phenoxy) is 2. The highest BCUT2D eigenvalue weighted by Gasteiger charge is 2.18. The van der Waals surface area contributed by atoms with Crippen LogP contribution >= 0.6 is 28.1 Å². The Bertz CT molecular complexity index is 547. The molecule has 0 radical (unpaired) electrons. The molecule has 0 saturated heterocycles. The third-order valence-corrected chi connectivity index (χ3v) is 3.54. The van der Waals surface area contributed by atoms with Crippen molar-refractivity contribution in [1.82, 2.24) is 0 Å². The minimum absolute atomic E-state index is 0.0867. The summed E-state index contributed by atoms with van der Waals surface area (Å²) >= 11 is 8.28. The van der Waals surface area contributed by atoms with Crippen molar-refractivity contribution in [1.29, 1.82) is 0 Å². The zero-order valence-corrected chi connectivity index (χ0v) is 14.0. The van der Waals surface area contributed by atoms with Gasteiger partial charge in [0.05, 0.1) is 19.9 Å². The lowest BCUT2D eigenvalue weighted by molar-refractivity contribution is -0.140. The number of halogens is 1. The summed E-state index contributed by atoms with van der Waals surface area (Å²) in [5.74, 6) is -0.937. The van der Waals surface area contributed by atoms with Gasteiger partial charge in [-0.2, -0.15) is 0 Å². The first-order chi connectivity index (χ1) is 9.88. The normalized spacial score (nSPS) is 9.86. The molecule has 1 aromatic rings. The van der Waals surface area contributed by atoms with Gasteiger partial charge in [-0.3, -0.25) is 9.59 Å². The van der Waals surface area contributed by atoms with E-state index in [0.717, 1.165) is 0 Å². The van der Waals surface area contributed by atoms with Gasteiger partial charge in [0.2, 0.25) is 0 Å². The molecule has 0 bridgehead atoms. The minimum Gasteiger partial charge on any atom is -0.468 e. The Balaban J connectivity index is 3.09. The Morgan fingerprint density at radius 3 is 2.14 bits per heavy atom. The number of nitrogens with zero attached hydrogens (tertiary/aromatic N) is 1. The molecule has 21 heavy (non-hydrogen) atoms. The summed E-state index contributed by atoms with van der Waals surface area (Å²) in [7, 11) is 2.56. The van der Waals surface area contributed by atoms with Gasteiger partial charge in [0.25, 0.3) is 0 Å². The quantitative estimate of drug-likeness (QED) is 0.592. The van der Waals surface area contributed by atoms with Crippen LogP contribution in [-0.4, -0.2) is 44.2 Å². The zero-order valence-electron chi connectivity index (χ0n) is 11.6. The van der Waals surface area contributed by atoms with E-state index in [-0.39, 0.29) is 18.1 Å². The fourth-order valence-corrected chi connectivity index (χ4v) is 2.34. The maximum absolute atomic E-state index is 11.5. The van der Waals surface area contributed by atoms with Crippen LogP contribution in [0.2, 0.25) is 0 Å². The van der Waals surface area contributed by atoms with E-state index in [1.807, 2.05) is 0 Å². The van der Waals surface area contributed by atoms with E-state index in [0.29, 0.717) is 15.7 Å². The van der Waals surface area contributed by atoms with E-state index in [1.54, 1.807) is 18.2 Å². The number of hydrogen-bond donors (Lipinski definition) is 1. The second kappa shape index (κ2) is 7.94. The van der Waals surface area contributed by atoms with Crippen LogP contribution in [0.1, 0.15) is 5.56 Å². The average molecular weight is 375 g/mol. The molecule has 0 saturated carbocycles. The van der Waals surface area contributed by atoms with Crippen LogP contribution in [0.5, 0.6) is 0 Å². The van der Waals surface area contributed by atoms with Gasteiger partial charge in [-0.25, -0.2) is 0 Å². The summed E-state index contributed by atoms with van der Waals surface area (Å²) in [5.41, 5.74) is 6.87. The molecular weight excluding hydrogens is 360 g/mol. The van der Waals surface area contributed by atoms with E-state index < -0.39 is 11.9 Å². The van der Waals surface area contributed by atoms with E-state index in [1.165, 1.54) is 19.1 Å². The first kappa shape index (κ1) is 17.4. The van der Waals surface area contributed by atoms with Crippen molar-refractivity contribution in [2.75, 3.05) is 32.2 Å². The van der Waals surface area contributed by atoms with Gasteiger partial charge in [-0.05, 0) is 34.1 Å². The molecule has 0 aliphatic rings. The van der Waals surface area contributed by atoms with Crippen LogP contribution in [0.25, 0.3) is 0 Å². The number of benzene rings is 1. The molecule has 0 aliphatic heterocycles. The molecule has 0 spiro atoms. The zero-order chi connectivity index (χ0) is 16.0. The van der Waals surface area contributed by atoms with Crippen molar-refractivity contribution >= 4 is 50.8 Å². The largest absolute Gasteiger partial charge is 0.468 e. The lowest BCUT2D eigenvalue weighted by Crippen LogP contribution is -2.36. The van der Waals surface area contributed by atoms with Crippen LogP contribution < -0.4 is 10.6 Å². The Labute approximate surface area is 136 Å². The molecule has 114 valence electrons. The van der Waals surface area contributed by atoms with Gasteiger partial charge in [-0.1, -0.05) is 12.2 Å². The van der Waals surface area contributed by atoms with E-state index in [4.69, 9.17) is 18.0 Å². The predicted molar refractivity (Wildman–Crippen MR) is 86.3 cm³/mol. The van der Waals surface area contributed by atoms with Crippen molar-refractivity contribution in [3.63, 3.8) is 0 Å². The van der Waals surface area contributed by atoms with Gasteiger partial charge >= 0.3 is 11.9 Å². The van der Waals surface area contributed by atoms with Crippen molar-refractivity contribution in [2.24, 2.45) is 5.73 Å². The summed E-state index contributed by atoms with van der Waals surface area (Å²) in [4.78, 5) is 24.8. The number of hydrogen-bond acceptors (Lipinski definition) is 6. The lowest BCUT2D eigenvalue weighted by Gasteiger charge is -2.23. The second-order valence-corrected chi connectivity index (χ2v) is 5.33. The number of methoxy groups -OCH3 is 2. The predicted octanol–water partition coefficient (Wildman–Crippen LogP) is 1.24. The average Bonchev–Trinajstić information content (AvgIpc) is 2.45. The molecule has 0 aromatic heterocycles. The maximum Gasteiger partial charge on any atom is 0.325 e. The SMILES string of the molecule is COC(=O)CN(CC(=O)OC)c1ccc(C(N)=S)cc1Br. The number of esters is 2. The summed E-state index contributed by atoms with van der Waals surface area (Å²) in [6.07, 6.45) is 0. The molecule has 2 N–H and O–H groups in total.